The van der Waals surface area contributed by atoms with Crippen LogP contribution in [0.5, 0.6) is 5.75 Å². The number of carboxylic acids is 1. The molecular weight excluding hydrogens is 367 g/mol. The number of halogens is 1. The van der Waals surface area contributed by atoms with Gasteiger partial charge >= 0.3 is 16.2 Å². The highest BCUT2D eigenvalue weighted by Gasteiger charge is 2.47. The summed E-state index contributed by atoms with van der Waals surface area (Å²) < 4.78 is 46.5. The zero-order valence-corrected chi connectivity index (χ0v) is 15.0. The first kappa shape index (κ1) is 18.6. The minimum atomic E-state index is -4.09. The van der Waals surface area contributed by atoms with E-state index in [1.165, 1.54) is 14.1 Å². The predicted octanol–water partition coefficient (Wildman–Crippen LogP) is 1.24. The van der Waals surface area contributed by atoms with E-state index < -0.39 is 39.2 Å². The third-order valence-corrected chi connectivity index (χ3v) is 6.16. The number of hydrogen-bond acceptors (Lipinski definition) is 5. The van der Waals surface area contributed by atoms with Gasteiger partial charge in [-0.2, -0.15) is 12.7 Å². The number of carbonyl (C=O) groups is 2. The number of fused-ring (bicyclic) bond motifs is 1. The Morgan fingerprint density at radius 3 is 2.31 bits per heavy atom. The molecule has 2 unspecified atom stereocenters. The lowest BCUT2D eigenvalue weighted by molar-refractivity contribution is 0.0688. The number of hydrogen-bond donors (Lipinski definition) is 2. The van der Waals surface area contributed by atoms with Crippen molar-refractivity contribution in [3.8, 4) is 5.75 Å². The van der Waals surface area contributed by atoms with Gasteiger partial charge < -0.3 is 9.84 Å². The second kappa shape index (κ2) is 6.51. The van der Waals surface area contributed by atoms with Crippen LogP contribution in [0, 0.1) is 17.7 Å². The number of carboxylic acid groups (broad SMARTS) is 1. The van der Waals surface area contributed by atoms with Crippen LogP contribution in [-0.2, 0) is 10.2 Å². The van der Waals surface area contributed by atoms with Crippen molar-refractivity contribution in [2.24, 2.45) is 11.8 Å². The van der Waals surface area contributed by atoms with Gasteiger partial charge in [-0.25, -0.2) is 13.9 Å². The summed E-state index contributed by atoms with van der Waals surface area (Å²) >= 11 is 0. The normalized spacial score (nSPS) is 24.2. The van der Waals surface area contributed by atoms with Crippen LogP contribution in [0.4, 0.5) is 4.39 Å². The maximum absolute atomic E-state index is 14.7. The Balaban J connectivity index is 1.93. The van der Waals surface area contributed by atoms with Crippen LogP contribution in [0.25, 0.3) is 0 Å². The summed E-state index contributed by atoms with van der Waals surface area (Å²) in [4.78, 5) is 23.5. The van der Waals surface area contributed by atoms with E-state index in [2.05, 4.69) is 0 Å². The third kappa shape index (κ3) is 3.51. The van der Waals surface area contributed by atoms with Crippen LogP contribution in [0.3, 0.4) is 0 Å². The molecule has 3 rings (SSSR count). The smallest absolute Gasteiger partial charge is 0.338 e. The number of carbonyl (C=O) groups excluding carboxylic acids is 1. The summed E-state index contributed by atoms with van der Waals surface area (Å²) in [6.07, 6.45) is 2.19. The van der Waals surface area contributed by atoms with Gasteiger partial charge in [-0.3, -0.25) is 4.79 Å². The molecule has 1 aromatic carbocycles. The molecule has 0 bridgehead atoms. The second-order valence-corrected chi connectivity index (χ2v) is 8.68. The molecule has 2 saturated carbocycles. The largest absolute Gasteiger partial charge is 0.486 e. The van der Waals surface area contributed by atoms with Crippen LogP contribution in [0.1, 0.15) is 40.0 Å². The van der Waals surface area contributed by atoms with Crippen LogP contribution < -0.4 is 9.46 Å². The SMILES string of the molecule is CN(C)S(=O)(=O)NC(=O)c1ccc(C(=O)O)c(F)c1OC1CC2CC2C1. The van der Waals surface area contributed by atoms with E-state index in [9.17, 15) is 22.4 Å². The van der Waals surface area contributed by atoms with Crippen LogP contribution in [0.2, 0.25) is 0 Å². The number of nitrogens with one attached hydrogen (secondary N) is 1. The van der Waals surface area contributed by atoms with Crippen molar-refractivity contribution in [2.75, 3.05) is 14.1 Å². The minimum absolute atomic E-state index is 0.325. The van der Waals surface area contributed by atoms with Gasteiger partial charge in [0, 0.05) is 14.1 Å². The Bertz CT molecular complexity index is 860. The molecule has 0 spiro atoms. The first-order valence-electron chi connectivity index (χ1n) is 8.07. The monoisotopic (exact) mass is 386 g/mol. The Morgan fingerprint density at radius 2 is 1.77 bits per heavy atom. The summed E-state index contributed by atoms with van der Waals surface area (Å²) in [5, 5.41) is 9.09. The molecule has 10 heteroatoms. The molecule has 2 atom stereocenters. The summed E-state index contributed by atoms with van der Waals surface area (Å²) in [6, 6.07) is 1.96. The van der Waals surface area contributed by atoms with Gasteiger partial charge in [0.25, 0.3) is 5.91 Å². The maximum Gasteiger partial charge on any atom is 0.338 e. The average molecular weight is 386 g/mol. The zero-order valence-electron chi connectivity index (χ0n) is 14.2. The average Bonchev–Trinajstić information content (AvgIpc) is 3.14. The lowest BCUT2D eigenvalue weighted by Crippen LogP contribution is -2.39. The van der Waals surface area contributed by atoms with E-state index in [1.54, 1.807) is 4.72 Å². The highest BCUT2D eigenvalue weighted by atomic mass is 32.2. The van der Waals surface area contributed by atoms with Crippen LogP contribution in [0.15, 0.2) is 12.1 Å². The lowest BCUT2D eigenvalue weighted by Gasteiger charge is -2.19. The fraction of sp³-hybridized carbons (Fsp3) is 0.500. The molecule has 2 N–H and O–H groups in total. The molecule has 142 valence electrons. The molecule has 0 aromatic heterocycles. The van der Waals surface area contributed by atoms with Crippen molar-refractivity contribution in [2.45, 2.75) is 25.4 Å². The molecule has 0 saturated heterocycles. The third-order valence-electron chi connectivity index (χ3n) is 4.76. The highest BCUT2D eigenvalue weighted by molar-refractivity contribution is 7.87. The van der Waals surface area contributed by atoms with E-state index in [4.69, 9.17) is 9.84 Å². The Labute approximate surface area is 150 Å². The van der Waals surface area contributed by atoms with E-state index in [-0.39, 0.29) is 11.7 Å². The number of aromatic carboxylic acids is 1. The van der Waals surface area contributed by atoms with Crippen molar-refractivity contribution in [1.82, 2.24) is 9.03 Å². The molecule has 8 nitrogen and oxygen atoms in total. The molecule has 1 aromatic rings. The van der Waals surface area contributed by atoms with Crippen molar-refractivity contribution in [3.05, 3.63) is 29.1 Å². The number of ether oxygens (including phenoxy) is 1. The van der Waals surface area contributed by atoms with Gasteiger partial charge in [-0.05, 0) is 43.2 Å². The molecular formula is C16H19FN2O6S. The quantitative estimate of drug-likeness (QED) is 0.761. The number of nitrogens with zero attached hydrogens (tertiary/aromatic N) is 1. The molecule has 0 aliphatic heterocycles. The minimum Gasteiger partial charge on any atom is -0.486 e. The lowest BCUT2D eigenvalue weighted by atomic mass is 10.1. The molecule has 2 aliphatic carbocycles. The zero-order chi connectivity index (χ0) is 19.2. The highest BCUT2D eigenvalue weighted by Crippen LogP contribution is 2.52. The predicted molar refractivity (Wildman–Crippen MR) is 88.7 cm³/mol. The van der Waals surface area contributed by atoms with Crippen molar-refractivity contribution < 1.29 is 32.2 Å². The summed E-state index contributed by atoms with van der Waals surface area (Å²) in [7, 11) is -1.63. The summed E-state index contributed by atoms with van der Waals surface area (Å²) in [5.41, 5.74) is -1.01. The number of rotatable bonds is 6. The van der Waals surface area contributed by atoms with Gasteiger partial charge in [0.05, 0.1) is 17.2 Å². The van der Waals surface area contributed by atoms with Crippen molar-refractivity contribution >= 4 is 22.1 Å². The molecule has 1 amide bonds. The molecule has 26 heavy (non-hydrogen) atoms. The van der Waals surface area contributed by atoms with Gasteiger partial charge in [-0.1, -0.05) is 0 Å². The molecule has 0 radical (unpaired) electrons. The van der Waals surface area contributed by atoms with Crippen LogP contribution >= 0.6 is 0 Å². The standard InChI is InChI=1S/C16H19FN2O6S/c1-19(2)26(23,24)18-15(20)12-4-3-11(16(21)22)13(17)14(12)25-10-6-8-5-9(8)7-10/h3-4,8-10H,5-7H2,1-2H3,(H,18,20)(H,21,22). The first-order chi connectivity index (χ1) is 12.1. The Morgan fingerprint density at radius 1 is 1.19 bits per heavy atom. The fourth-order valence-electron chi connectivity index (χ4n) is 3.20. The topological polar surface area (TPSA) is 113 Å². The molecule has 0 heterocycles. The number of amides is 1. The first-order valence-corrected chi connectivity index (χ1v) is 9.51. The molecule has 2 aliphatic rings. The Hall–Kier alpha value is -2.20. The second-order valence-electron chi connectivity index (χ2n) is 6.79. The fourth-order valence-corrected chi connectivity index (χ4v) is 3.73. The number of benzene rings is 1. The van der Waals surface area contributed by atoms with Gasteiger partial charge in [-0.15, -0.1) is 0 Å². The van der Waals surface area contributed by atoms with Gasteiger partial charge in [0.15, 0.2) is 11.6 Å². The molecule has 2 fully saturated rings. The Kier molecular flexibility index (Phi) is 4.65. The van der Waals surface area contributed by atoms with Gasteiger partial charge in [0.2, 0.25) is 0 Å². The van der Waals surface area contributed by atoms with Crippen molar-refractivity contribution in [3.63, 3.8) is 0 Å². The summed E-state index contributed by atoms with van der Waals surface area (Å²) in [5.74, 6) is -3.26. The van der Waals surface area contributed by atoms with E-state index in [1.807, 2.05) is 0 Å². The van der Waals surface area contributed by atoms with E-state index >= 15 is 0 Å². The van der Waals surface area contributed by atoms with E-state index in [0.29, 0.717) is 24.7 Å². The van der Waals surface area contributed by atoms with E-state index in [0.717, 1.165) is 22.9 Å². The van der Waals surface area contributed by atoms with Crippen LogP contribution in [-0.4, -0.2) is 49.9 Å². The summed E-state index contributed by atoms with van der Waals surface area (Å²) in [6.45, 7) is 0. The van der Waals surface area contributed by atoms with Gasteiger partial charge in [0.1, 0.15) is 0 Å². The van der Waals surface area contributed by atoms with Crippen molar-refractivity contribution in [1.29, 1.82) is 0 Å². The maximum atomic E-state index is 14.7.